The fourth-order valence-corrected chi connectivity index (χ4v) is 2.38. The maximum atomic E-state index is 12.4. The van der Waals surface area contributed by atoms with Crippen LogP contribution in [0.15, 0.2) is 36.4 Å². The number of amides is 2. The van der Waals surface area contributed by atoms with Crippen molar-refractivity contribution in [3.8, 4) is 11.5 Å². The van der Waals surface area contributed by atoms with Gasteiger partial charge in [-0.3, -0.25) is 9.59 Å². The molecule has 2 aromatic carbocycles. The van der Waals surface area contributed by atoms with Crippen LogP contribution in [0.25, 0.3) is 0 Å². The lowest BCUT2D eigenvalue weighted by Crippen LogP contribution is -2.12. The standard InChI is InChI=1S/C17H17ClN2O4/c1-10(21)19-12-4-6-13(7-5-12)20-17(22)11-8-14(18)16(24-3)15(9-11)23-2/h4-9H,1-3H3,(H,19,21)(H,20,22). The van der Waals surface area contributed by atoms with Gasteiger partial charge >= 0.3 is 0 Å². The molecular formula is C17H17ClN2O4. The van der Waals surface area contributed by atoms with Crippen molar-refractivity contribution in [1.29, 1.82) is 0 Å². The van der Waals surface area contributed by atoms with E-state index in [4.69, 9.17) is 21.1 Å². The molecular weight excluding hydrogens is 332 g/mol. The molecule has 0 unspecified atom stereocenters. The molecule has 0 bridgehead atoms. The van der Waals surface area contributed by atoms with Crippen molar-refractivity contribution in [2.45, 2.75) is 6.92 Å². The van der Waals surface area contributed by atoms with Crippen molar-refractivity contribution in [3.05, 3.63) is 47.0 Å². The van der Waals surface area contributed by atoms with Gasteiger partial charge in [-0.15, -0.1) is 0 Å². The molecule has 24 heavy (non-hydrogen) atoms. The SMILES string of the molecule is COc1cc(C(=O)Nc2ccc(NC(C)=O)cc2)cc(Cl)c1OC. The number of anilines is 2. The van der Waals surface area contributed by atoms with Gasteiger partial charge in [-0.2, -0.15) is 0 Å². The van der Waals surface area contributed by atoms with E-state index in [1.54, 1.807) is 30.3 Å². The number of benzene rings is 2. The summed E-state index contributed by atoms with van der Waals surface area (Å²) in [4.78, 5) is 23.4. The highest BCUT2D eigenvalue weighted by Crippen LogP contribution is 2.36. The number of hydrogen-bond donors (Lipinski definition) is 2. The third-order valence-electron chi connectivity index (χ3n) is 3.16. The molecule has 0 fully saturated rings. The number of carbonyl (C=O) groups is 2. The monoisotopic (exact) mass is 348 g/mol. The number of halogens is 1. The van der Waals surface area contributed by atoms with Crippen LogP contribution in [0.4, 0.5) is 11.4 Å². The topological polar surface area (TPSA) is 76.7 Å². The Morgan fingerprint density at radius 1 is 0.958 bits per heavy atom. The van der Waals surface area contributed by atoms with Gasteiger partial charge in [0, 0.05) is 23.9 Å². The van der Waals surface area contributed by atoms with Gasteiger partial charge < -0.3 is 20.1 Å². The average molecular weight is 349 g/mol. The Morgan fingerprint density at radius 3 is 2.04 bits per heavy atom. The van der Waals surface area contributed by atoms with Gasteiger partial charge in [0.05, 0.1) is 19.2 Å². The van der Waals surface area contributed by atoms with E-state index in [1.165, 1.54) is 27.2 Å². The summed E-state index contributed by atoms with van der Waals surface area (Å²) in [7, 11) is 2.94. The lowest BCUT2D eigenvalue weighted by Gasteiger charge is -2.12. The smallest absolute Gasteiger partial charge is 0.255 e. The molecule has 0 aromatic heterocycles. The first-order valence-corrected chi connectivity index (χ1v) is 7.43. The summed E-state index contributed by atoms with van der Waals surface area (Å²) in [5.41, 5.74) is 1.57. The van der Waals surface area contributed by atoms with Crippen molar-refractivity contribution in [3.63, 3.8) is 0 Å². The van der Waals surface area contributed by atoms with E-state index < -0.39 is 0 Å². The lowest BCUT2D eigenvalue weighted by atomic mass is 10.1. The molecule has 0 radical (unpaired) electrons. The maximum Gasteiger partial charge on any atom is 0.255 e. The van der Waals surface area contributed by atoms with E-state index in [2.05, 4.69) is 10.6 Å². The average Bonchev–Trinajstić information content (AvgIpc) is 2.55. The number of methoxy groups -OCH3 is 2. The van der Waals surface area contributed by atoms with E-state index >= 15 is 0 Å². The van der Waals surface area contributed by atoms with Crippen molar-refractivity contribution in [2.75, 3.05) is 24.9 Å². The lowest BCUT2D eigenvalue weighted by molar-refractivity contribution is -0.114. The van der Waals surface area contributed by atoms with Crippen LogP contribution in [0.1, 0.15) is 17.3 Å². The van der Waals surface area contributed by atoms with E-state index in [0.717, 1.165) is 0 Å². The molecule has 0 saturated heterocycles. The van der Waals surface area contributed by atoms with Gasteiger partial charge in [-0.25, -0.2) is 0 Å². The normalized spacial score (nSPS) is 10.0. The molecule has 0 saturated carbocycles. The second kappa shape index (κ2) is 7.70. The van der Waals surface area contributed by atoms with Crippen LogP contribution < -0.4 is 20.1 Å². The van der Waals surface area contributed by atoms with Gasteiger partial charge in [0.2, 0.25) is 5.91 Å². The van der Waals surface area contributed by atoms with Crippen LogP contribution in [0.5, 0.6) is 11.5 Å². The minimum atomic E-state index is -0.342. The molecule has 0 aliphatic rings. The summed E-state index contributed by atoms with van der Waals surface area (Å²) in [6.07, 6.45) is 0. The molecule has 0 aliphatic heterocycles. The predicted octanol–water partition coefficient (Wildman–Crippen LogP) is 3.57. The highest BCUT2D eigenvalue weighted by atomic mass is 35.5. The molecule has 0 aliphatic carbocycles. The molecule has 6 nitrogen and oxygen atoms in total. The van der Waals surface area contributed by atoms with Gasteiger partial charge in [0.25, 0.3) is 5.91 Å². The number of hydrogen-bond acceptors (Lipinski definition) is 4. The number of ether oxygens (including phenoxy) is 2. The molecule has 2 amide bonds. The Balaban J connectivity index is 2.17. The van der Waals surface area contributed by atoms with Crippen molar-refractivity contribution >= 4 is 34.8 Å². The van der Waals surface area contributed by atoms with Crippen LogP contribution >= 0.6 is 11.6 Å². The zero-order valence-electron chi connectivity index (χ0n) is 13.5. The van der Waals surface area contributed by atoms with E-state index in [1.807, 2.05) is 0 Å². The van der Waals surface area contributed by atoms with Crippen molar-refractivity contribution in [2.24, 2.45) is 0 Å². The Hall–Kier alpha value is -2.73. The number of carbonyl (C=O) groups excluding carboxylic acids is 2. The van der Waals surface area contributed by atoms with E-state index in [0.29, 0.717) is 28.4 Å². The van der Waals surface area contributed by atoms with Crippen LogP contribution in [-0.4, -0.2) is 26.0 Å². The maximum absolute atomic E-state index is 12.4. The second-order valence-electron chi connectivity index (χ2n) is 4.91. The zero-order valence-corrected chi connectivity index (χ0v) is 14.2. The Bertz CT molecular complexity index is 760. The van der Waals surface area contributed by atoms with Crippen molar-refractivity contribution < 1.29 is 19.1 Å². The summed E-state index contributed by atoms with van der Waals surface area (Å²) < 4.78 is 10.3. The quantitative estimate of drug-likeness (QED) is 0.866. The number of nitrogens with one attached hydrogen (secondary N) is 2. The molecule has 2 rings (SSSR count). The first kappa shape index (κ1) is 17.6. The predicted molar refractivity (Wildman–Crippen MR) is 93.3 cm³/mol. The van der Waals surface area contributed by atoms with Crippen LogP contribution in [-0.2, 0) is 4.79 Å². The fourth-order valence-electron chi connectivity index (χ4n) is 2.09. The van der Waals surface area contributed by atoms with Gasteiger partial charge in [0.1, 0.15) is 0 Å². The summed E-state index contributed by atoms with van der Waals surface area (Å²) in [6.45, 7) is 1.43. The van der Waals surface area contributed by atoms with Gasteiger partial charge in [0.15, 0.2) is 11.5 Å². The van der Waals surface area contributed by atoms with Crippen LogP contribution in [0, 0.1) is 0 Å². The highest BCUT2D eigenvalue weighted by Gasteiger charge is 2.15. The second-order valence-corrected chi connectivity index (χ2v) is 5.31. The largest absolute Gasteiger partial charge is 0.493 e. The van der Waals surface area contributed by atoms with Crippen molar-refractivity contribution in [1.82, 2.24) is 0 Å². The zero-order chi connectivity index (χ0) is 17.7. The molecule has 2 N–H and O–H groups in total. The van der Waals surface area contributed by atoms with Gasteiger partial charge in [-0.1, -0.05) is 11.6 Å². The minimum Gasteiger partial charge on any atom is -0.493 e. The van der Waals surface area contributed by atoms with Gasteiger partial charge in [-0.05, 0) is 36.4 Å². The first-order chi connectivity index (χ1) is 11.4. The summed E-state index contributed by atoms with van der Waals surface area (Å²) in [5, 5.41) is 5.68. The Labute approximate surface area is 144 Å². The Kier molecular flexibility index (Phi) is 5.65. The number of rotatable bonds is 5. The third kappa shape index (κ3) is 4.17. The van der Waals surface area contributed by atoms with E-state index in [9.17, 15) is 9.59 Å². The first-order valence-electron chi connectivity index (χ1n) is 7.05. The highest BCUT2D eigenvalue weighted by molar-refractivity contribution is 6.32. The molecule has 7 heteroatoms. The molecule has 2 aromatic rings. The molecule has 0 atom stereocenters. The van der Waals surface area contributed by atoms with E-state index in [-0.39, 0.29) is 16.8 Å². The minimum absolute atomic E-state index is 0.160. The summed E-state index contributed by atoms with van der Waals surface area (Å²) in [6, 6.07) is 9.81. The van der Waals surface area contributed by atoms with Crippen LogP contribution in [0.2, 0.25) is 5.02 Å². The third-order valence-corrected chi connectivity index (χ3v) is 3.44. The fraction of sp³-hybridized carbons (Fsp3) is 0.176. The summed E-state index contributed by atoms with van der Waals surface area (Å²) >= 11 is 6.10. The molecule has 0 heterocycles. The Morgan fingerprint density at radius 2 is 1.54 bits per heavy atom. The molecule has 126 valence electrons. The molecule has 0 spiro atoms. The summed E-state index contributed by atoms with van der Waals surface area (Å²) in [5.74, 6) is 0.239. The van der Waals surface area contributed by atoms with Crippen LogP contribution in [0.3, 0.4) is 0 Å².